The van der Waals surface area contributed by atoms with E-state index >= 15 is 0 Å². The van der Waals surface area contributed by atoms with Gasteiger partial charge in [0.1, 0.15) is 5.82 Å². The molecule has 0 bridgehead atoms. The first-order valence-electron chi connectivity index (χ1n) is 10.2. The van der Waals surface area contributed by atoms with Gasteiger partial charge in [-0.25, -0.2) is 9.18 Å². The zero-order chi connectivity index (χ0) is 20.1. The Labute approximate surface area is 169 Å². The molecule has 2 aliphatic rings. The number of aromatic nitrogens is 3. The van der Waals surface area contributed by atoms with Crippen LogP contribution in [0.3, 0.4) is 0 Å². The topological polar surface area (TPSA) is 75.5 Å². The summed E-state index contributed by atoms with van der Waals surface area (Å²) < 4.78 is 21.0. The number of carbonyl (C=O) groups is 1. The van der Waals surface area contributed by atoms with E-state index in [1.807, 2.05) is 10.9 Å². The number of rotatable bonds is 5. The maximum atomic E-state index is 13.8. The van der Waals surface area contributed by atoms with Crippen LogP contribution >= 0.6 is 0 Å². The maximum absolute atomic E-state index is 13.8. The summed E-state index contributed by atoms with van der Waals surface area (Å²) in [6, 6.07) is 5.96. The van der Waals surface area contributed by atoms with Crippen molar-refractivity contribution in [1.29, 1.82) is 0 Å². The fraction of sp³-hybridized carbons (Fsp3) is 0.550. The number of urea groups is 1. The predicted molar refractivity (Wildman–Crippen MR) is 106 cm³/mol. The Morgan fingerprint density at radius 2 is 2.07 bits per heavy atom. The number of piperidine rings is 1. The summed E-state index contributed by atoms with van der Waals surface area (Å²) in [5, 5.41) is 11.2. The molecule has 8 nitrogen and oxygen atoms in total. The smallest absolute Gasteiger partial charge is 0.321 e. The normalized spacial score (nSPS) is 20.6. The summed E-state index contributed by atoms with van der Waals surface area (Å²) in [6.07, 6.45) is 3.95. The molecule has 1 unspecified atom stereocenters. The van der Waals surface area contributed by atoms with Crippen LogP contribution in [-0.4, -0.2) is 70.2 Å². The van der Waals surface area contributed by atoms with Crippen molar-refractivity contribution in [3.63, 3.8) is 0 Å². The van der Waals surface area contributed by atoms with Crippen LogP contribution in [0.1, 0.15) is 18.5 Å². The van der Waals surface area contributed by atoms with Crippen molar-refractivity contribution in [3.05, 3.63) is 42.0 Å². The van der Waals surface area contributed by atoms with Crippen LogP contribution < -0.4 is 5.32 Å². The van der Waals surface area contributed by atoms with Crippen LogP contribution in [0.5, 0.6) is 0 Å². The number of likely N-dealkylation sites (tertiary alicyclic amines) is 1. The molecule has 0 saturated carbocycles. The number of amides is 2. The molecule has 2 aromatic rings. The SMILES string of the molecule is O=C(Nc1ccccc1F)N1CCCC(Cn2cc(CN3CCOCC3)nn2)C1. The molecule has 0 aliphatic carbocycles. The van der Waals surface area contributed by atoms with E-state index in [0.717, 1.165) is 57.9 Å². The van der Waals surface area contributed by atoms with Gasteiger partial charge in [0.2, 0.25) is 0 Å². The van der Waals surface area contributed by atoms with Gasteiger partial charge >= 0.3 is 6.03 Å². The van der Waals surface area contributed by atoms with Gasteiger partial charge in [0.15, 0.2) is 0 Å². The van der Waals surface area contributed by atoms with Gasteiger partial charge in [-0.2, -0.15) is 0 Å². The maximum Gasteiger partial charge on any atom is 0.321 e. The Balaban J connectivity index is 1.29. The molecule has 1 aromatic heterocycles. The van der Waals surface area contributed by atoms with Crippen molar-refractivity contribution in [2.45, 2.75) is 25.9 Å². The van der Waals surface area contributed by atoms with E-state index < -0.39 is 5.82 Å². The number of carbonyl (C=O) groups excluding carboxylic acids is 1. The van der Waals surface area contributed by atoms with E-state index in [1.165, 1.54) is 6.07 Å². The molecule has 29 heavy (non-hydrogen) atoms. The molecule has 0 spiro atoms. The van der Waals surface area contributed by atoms with Gasteiger partial charge in [0, 0.05) is 45.5 Å². The quantitative estimate of drug-likeness (QED) is 0.830. The Morgan fingerprint density at radius 3 is 2.90 bits per heavy atom. The second-order valence-electron chi connectivity index (χ2n) is 7.68. The number of ether oxygens (including phenoxy) is 1. The molecule has 2 amide bonds. The molecule has 1 aromatic carbocycles. The predicted octanol–water partition coefficient (Wildman–Crippen LogP) is 2.19. The Kier molecular flexibility index (Phi) is 6.36. The Morgan fingerprint density at radius 1 is 1.24 bits per heavy atom. The lowest BCUT2D eigenvalue weighted by atomic mass is 9.98. The van der Waals surface area contributed by atoms with Crippen molar-refractivity contribution in [2.24, 2.45) is 5.92 Å². The number of halogens is 1. The number of para-hydroxylation sites is 1. The van der Waals surface area contributed by atoms with Crippen LogP contribution in [0.25, 0.3) is 0 Å². The highest BCUT2D eigenvalue weighted by Gasteiger charge is 2.25. The third-order valence-electron chi connectivity index (χ3n) is 5.44. The number of hydrogen-bond donors (Lipinski definition) is 1. The molecule has 0 radical (unpaired) electrons. The van der Waals surface area contributed by atoms with Crippen molar-refractivity contribution in [3.8, 4) is 0 Å². The lowest BCUT2D eigenvalue weighted by Gasteiger charge is -2.32. The third kappa shape index (κ3) is 5.30. The first-order valence-corrected chi connectivity index (χ1v) is 10.2. The van der Waals surface area contributed by atoms with E-state index in [1.54, 1.807) is 23.1 Å². The van der Waals surface area contributed by atoms with E-state index in [-0.39, 0.29) is 11.7 Å². The van der Waals surface area contributed by atoms with Gasteiger partial charge in [-0.05, 0) is 30.9 Å². The van der Waals surface area contributed by atoms with E-state index in [0.29, 0.717) is 19.0 Å². The summed E-state index contributed by atoms with van der Waals surface area (Å²) in [5.74, 6) is -0.127. The highest BCUT2D eigenvalue weighted by Crippen LogP contribution is 2.20. The fourth-order valence-electron chi connectivity index (χ4n) is 3.91. The lowest BCUT2D eigenvalue weighted by Crippen LogP contribution is -2.43. The molecule has 2 saturated heterocycles. The van der Waals surface area contributed by atoms with Crippen LogP contribution in [0.2, 0.25) is 0 Å². The molecule has 1 N–H and O–H groups in total. The standard InChI is InChI=1S/C20H27FN6O2/c21-18-5-1-2-6-19(18)22-20(28)26-7-3-4-16(12-26)13-27-15-17(23-24-27)14-25-8-10-29-11-9-25/h1-2,5-6,15-16H,3-4,7-14H2,(H,22,28). The van der Waals surface area contributed by atoms with Crippen molar-refractivity contribution >= 4 is 11.7 Å². The van der Waals surface area contributed by atoms with Crippen LogP contribution in [0.15, 0.2) is 30.5 Å². The number of hydrogen-bond acceptors (Lipinski definition) is 5. The van der Waals surface area contributed by atoms with E-state index in [4.69, 9.17) is 4.74 Å². The Bertz CT molecular complexity index is 823. The van der Waals surface area contributed by atoms with Crippen LogP contribution in [0, 0.1) is 11.7 Å². The summed E-state index contributed by atoms with van der Waals surface area (Å²) in [4.78, 5) is 16.6. The number of nitrogens with zero attached hydrogens (tertiary/aromatic N) is 5. The van der Waals surface area contributed by atoms with Gasteiger partial charge in [0.25, 0.3) is 0 Å². The second kappa shape index (κ2) is 9.32. The number of morpholine rings is 1. The molecular weight excluding hydrogens is 375 g/mol. The average Bonchev–Trinajstić information content (AvgIpc) is 3.17. The van der Waals surface area contributed by atoms with Gasteiger partial charge in [-0.1, -0.05) is 17.3 Å². The minimum Gasteiger partial charge on any atom is -0.379 e. The van der Waals surface area contributed by atoms with E-state index in [2.05, 4.69) is 20.5 Å². The highest BCUT2D eigenvalue weighted by atomic mass is 19.1. The van der Waals surface area contributed by atoms with E-state index in [9.17, 15) is 9.18 Å². The van der Waals surface area contributed by atoms with Crippen molar-refractivity contribution in [2.75, 3.05) is 44.7 Å². The molecule has 3 heterocycles. The zero-order valence-electron chi connectivity index (χ0n) is 16.5. The van der Waals surface area contributed by atoms with Gasteiger partial charge < -0.3 is 15.0 Å². The number of benzene rings is 1. The van der Waals surface area contributed by atoms with Crippen molar-refractivity contribution < 1.29 is 13.9 Å². The third-order valence-corrected chi connectivity index (χ3v) is 5.44. The number of nitrogens with one attached hydrogen (secondary N) is 1. The van der Waals surface area contributed by atoms with Gasteiger partial charge in [0.05, 0.1) is 24.6 Å². The average molecular weight is 402 g/mol. The molecule has 2 fully saturated rings. The molecule has 2 aliphatic heterocycles. The largest absolute Gasteiger partial charge is 0.379 e. The summed E-state index contributed by atoms with van der Waals surface area (Å²) in [7, 11) is 0. The molecule has 156 valence electrons. The van der Waals surface area contributed by atoms with Crippen LogP contribution in [-0.2, 0) is 17.8 Å². The fourth-order valence-corrected chi connectivity index (χ4v) is 3.91. The molecule has 9 heteroatoms. The molecule has 4 rings (SSSR count). The monoisotopic (exact) mass is 402 g/mol. The highest BCUT2D eigenvalue weighted by molar-refractivity contribution is 5.89. The summed E-state index contributed by atoms with van der Waals surface area (Å²) in [5.41, 5.74) is 1.17. The minimum atomic E-state index is -0.426. The van der Waals surface area contributed by atoms with Crippen molar-refractivity contribution in [1.82, 2.24) is 24.8 Å². The zero-order valence-corrected chi connectivity index (χ0v) is 16.5. The number of anilines is 1. The molecule has 1 atom stereocenters. The first-order chi connectivity index (χ1) is 14.2. The summed E-state index contributed by atoms with van der Waals surface area (Å²) in [6.45, 7) is 6.17. The van der Waals surface area contributed by atoms with Gasteiger partial charge in [-0.3, -0.25) is 9.58 Å². The summed E-state index contributed by atoms with van der Waals surface area (Å²) >= 11 is 0. The second-order valence-corrected chi connectivity index (χ2v) is 7.68. The minimum absolute atomic E-state index is 0.212. The Hall–Kier alpha value is -2.52. The van der Waals surface area contributed by atoms with Crippen LogP contribution in [0.4, 0.5) is 14.9 Å². The first kappa shape index (κ1) is 19.8. The van der Waals surface area contributed by atoms with Gasteiger partial charge in [-0.15, -0.1) is 5.10 Å². The lowest BCUT2D eigenvalue weighted by molar-refractivity contribution is 0.0336. The molecular formula is C20H27FN6O2.